The Labute approximate surface area is 111 Å². The van der Waals surface area contributed by atoms with Crippen LogP contribution in [0.5, 0.6) is 0 Å². The predicted octanol–water partition coefficient (Wildman–Crippen LogP) is 2.60. The first-order chi connectivity index (χ1) is 9.33. The summed E-state index contributed by atoms with van der Waals surface area (Å²) in [5.74, 6) is 0.975. The van der Waals surface area contributed by atoms with Crippen molar-refractivity contribution in [1.82, 2.24) is 14.5 Å². The van der Waals surface area contributed by atoms with E-state index in [1.54, 1.807) is 6.20 Å². The highest BCUT2D eigenvalue weighted by Gasteiger charge is 2.14. The van der Waals surface area contributed by atoms with Crippen LogP contribution in [0.2, 0.25) is 0 Å². The van der Waals surface area contributed by atoms with Crippen molar-refractivity contribution in [1.29, 1.82) is 0 Å². The third kappa shape index (κ3) is 1.53. The molecule has 0 atom stereocenters. The Kier molecular flexibility index (Phi) is 2.12. The number of rotatable bonds is 1. The van der Waals surface area contributed by atoms with E-state index in [0.29, 0.717) is 0 Å². The van der Waals surface area contributed by atoms with Crippen LogP contribution in [-0.4, -0.2) is 21.1 Å². The van der Waals surface area contributed by atoms with Gasteiger partial charge in [-0.25, -0.2) is 9.97 Å². The predicted molar refractivity (Wildman–Crippen MR) is 76.1 cm³/mol. The molecular formula is C15H14N4. The molecule has 1 aromatic carbocycles. The molecule has 0 aliphatic carbocycles. The summed E-state index contributed by atoms with van der Waals surface area (Å²) in [4.78, 5) is 9.08. The average Bonchev–Trinajstić information content (AvgIpc) is 3.03. The van der Waals surface area contributed by atoms with E-state index in [9.17, 15) is 0 Å². The van der Waals surface area contributed by atoms with Crippen molar-refractivity contribution in [2.45, 2.75) is 6.42 Å². The molecule has 0 bridgehead atoms. The monoisotopic (exact) mass is 250 g/mol. The van der Waals surface area contributed by atoms with Gasteiger partial charge in [-0.15, -0.1) is 0 Å². The molecule has 3 aromatic rings. The van der Waals surface area contributed by atoms with Gasteiger partial charge in [-0.1, -0.05) is 0 Å². The van der Waals surface area contributed by atoms with E-state index in [2.05, 4.69) is 38.1 Å². The molecule has 0 fully saturated rings. The highest BCUT2D eigenvalue weighted by atomic mass is 15.1. The van der Waals surface area contributed by atoms with Crippen molar-refractivity contribution in [3.05, 3.63) is 42.1 Å². The van der Waals surface area contributed by atoms with Crippen LogP contribution in [0.3, 0.4) is 0 Å². The van der Waals surface area contributed by atoms with Crippen LogP contribution >= 0.6 is 0 Å². The summed E-state index contributed by atoms with van der Waals surface area (Å²) in [6.07, 6.45) is 2.89. The van der Waals surface area contributed by atoms with Gasteiger partial charge in [-0.05, 0) is 42.3 Å². The summed E-state index contributed by atoms with van der Waals surface area (Å²) in [5.41, 5.74) is 5.65. The van der Waals surface area contributed by atoms with E-state index >= 15 is 0 Å². The van der Waals surface area contributed by atoms with Gasteiger partial charge in [-0.2, -0.15) is 0 Å². The zero-order chi connectivity index (χ0) is 12.8. The lowest BCUT2D eigenvalue weighted by Gasteiger charge is -2.05. The van der Waals surface area contributed by atoms with Crippen molar-refractivity contribution in [2.24, 2.45) is 7.05 Å². The number of fused-ring (bicyclic) bond motifs is 2. The number of hydrogen-bond donors (Lipinski definition) is 1. The summed E-state index contributed by atoms with van der Waals surface area (Å²) in [6.45, 7) is 1.03. The zero-order valence-electron chi connectivity index (χ0n) is 10.7. The van der Waals surface area contributed by atoms with E-state index in [-0.39, 0.29) is 0 Å². The fraction of sp³-hybridized carbons (Fsp3) is 0.200. The van der Waals surface area contributed by atoms with Crippen LogP contribution in [0.1, 0.15) is 5.56 Å². The first-order valence-electron chi connectivity index (χ1n) is 6.47. The third-order valence-electron chi connectivity index (χ3n) is 3.70. The van der Waals surface area contributed by atoms with E-state index in [0.717, 1.165) is 35.5 Å². The quantitative estimate of drug-likeness (QED) is 0.722. The summed E-state index contributed by atoms with van der Waals surface area (Å²) < 4.78 is 2.06. The molecule has 3 heterocycles. The average molecular weight is 250 g/mol. The number of benzene rings is 1. The lowest BCUT2D eigenvalue weighted by atomic mass is 10.1. The Bertz CT molecular complexity index is 773. The molecular weight excluding hydrogens is 236 g/mol. The molecule has 4 nitrogen and oxygen atoms in total. The first kappa shape index (κ1) is 10.6. The Morgan fingerprint density at radius 3 is 3.11 bits per heavy atom. The van der Waals surface area contributed by atoms with E-state index < -0.39 is 0 Å². The number of aromatic nitrogens is 3. The van der Waals surface area contributed by atoms with Gasteiger partial charge in [-0.3, -0.25) is 0 Å². The van der Waals surface area contributed by atoms with Crippen molar-refractivity contribution < 1.29 is 0 Å². The van der Waals surface area contributed by atoms with E-state index in [4.69, 9.17) is 0 Å². The van der Waals surface area contributed by atoms with Crippen LogP contribution in [-0.2, 0) is 13.5 Å². The lowest BCUT2D eigenvalue weighted by molar-refractivity contribution is 0.941. The fourth-order valence-electron chi connectivity index (χ4n) is 2.73. The molecule has 1 N–H and O–H groups in total. The second kappa shape index (κ2) is 3.82. The summed E-state index contributed by atoms with van der Waals surface area (Å²) >= 11 is 0. The topological polar surface area (TPSA) is 42.7 Å². The Morgan fingerprint density at radius 1 is 1.26 bits per heavy atom. The van der Waals surface area contributed by atoms with Crippen LogP contribution in [0.4, 0.5) is 5.69 Å². The molecule has 1 aliphatic heterocycles. The number of nitrogens with zero attached hydrogens (tertiary/aromatic N) is 3. The maximum absolute atomic E-state index is 4.69. The van der Waals surface area contributed by atoms with E-state index in [1.165, 1.54) is 11.3 Å². The third-order valence-corrected chi connectivity index (χ3v) is 3.70. The van der Waals surface area contributed by atoms with Gasteiger partial charge in [0.1, 0.15) is 11.3 Å². The summed E-state index contributed by atoms with van der Waals surface area (Å²) in [6, 6.07) is 10.4. The van der Waals surface area contributed by atoms with Crippen molar-refractivity contribution in [3.8, 4) is 11.4 Å². The Morgan fingerprint density at radius 2 is 2.21 bits per heavy atom. The highest BCUT2D eigenvalue weighted by Crippen LogP contribution is 2.29. The summed E-state index contributed by atoms with van der Waals surface area (Å²) in [5, 5.41) is 3.38. The number of nitrogens with one attached hydrogen (secondary N) is 1. The minimum absolute atomic E-state index is 0.927. The van der Waals surface area contributed by atoms with Gasteiger partial charge < -0.3 is 9.88 Å². The molecule has 0 unspecified atom stereocenters. The smallest absolute Gasteiger partial charge is 0.159 e. The van der Waals surface area contributed by atoms with Crippen LogP contribution in [0, 0.1) is 0 Å². The van der Waals surface area contributed by atoms with Gasteiger partial charge in [0.25, 0.3) is 0 Å². The van der Waals surface area contributed by atoms with E-state index in [1.807, 2.05) is 19.2 Å². The van der Waals surface area contributed by atoms with Gasteiger partial charge in [0.05, 0.1) is 0 Å². The number of pyridine rings is 1. The molecule has 0 saturated heterocycles. The van der Waals surface area contributed by atoms with Crippen LogP contribution < -0.4 is 5.32 Å². The second-order valence-corrected chi connectivity index (χ2v) is 4.89. The molecule has 2 aromatic heterocycles. The van der Waals surface area contributed by atoms with Crippen molar-refractivity contribution in [3.63, 3.8) is 0 Å². The molecule has 0 spiro atoms. The standard InChI is InChI=1S/C15H14N4/c1-19-14(18-13-3-2-7-17-15(13)19)11-4-5-12-10(9-11)6-8-16-12/h2-5,7,9,16H,6,8H2,1H3. The largest absolute Gasteiger partial charge is 0.384 e. The van der Waals surface area contributed by atoms with Gasteiger partial charge in [0, 0.05) is 31.0 Å². The lowest BCUT2D eigenvalue weighted by Crippen LogP contribution is -1.94. The maximum Gasteiger partial charge on any atom is 0.159 e. The first-order valence-corrected chi connectivity index (χ1v) is 6.47. The van der Waals surface area contributed by atoms with Gasteiger partial charge >= 0.3 is 0 Å². The molecule has 0 amide bonds. The zero-order valence-corrected chi connectivity index (χ0v) is 10.7. The molecule has 0 saturated carbocycles. The highest BCUT2D eigenvalue weighted by molar-refractivity contribution is 5.78. The second-order valence-electron chi connectivity index (χ2n) is 4.89. The molecule has 94 valence electrons. The maximum atomic E-state index is 4.69. The molecule has 1 aliphatic rings. The molecule has 19 heavy (non-hydrogen) atoms. The van der Waals surface area contributed by atoms with Crippen LogP contribution in [0.25, 0.3) is 22.6 Å². The SMILES string of the molecule is Cn1c(-c2ccc3c(c2)CCN3)nc2cccnc21. The Hall–Kier alpha value is -2.36. The molecule has 4 heteroatoms. The minimum atomic E-state index is 0.927. The van der Waals surface area contributed by atoms with Crippen molar-refractivity contribution in [2.75, 3.05) is 11.9 Å². The summed E-state index contributed by atoms with van der Waals surface area (Å²) in [7, 11) is 2.02. The minimum Gasteiger partial charge on any atom is -0.384 e. The number of aryl methyl sites for hydroxylation is 1. The molecule has 4 rings (SSSR count). The number of hydrogen-bond acceptors (Lipinski definition) is 3. The van der Waals surface area contributed by atoms with Crippen LogP contribution in [0.15, 0.2) is 36.5 Å². The fourth-order valence-corrected chi connectivity index (χ4v) is 2.73. The van der Waals surface area contributed by atoms with Crippen molar-refractivity contribution >= 4 is 16.9 Å². The number of imidazole rings is 1. The number of anilines is 1. The molecule has 0 radical (unpaired) electrons. The van der Waals surface area contributed by atoms with Gasteiger partial charge in [0.15, 0.2) is 5.65 Å². The normalized spacial score (nSPS) is 13.5. The van der Waals surface area contributed by atoms with Gasteiger partial charge in [0.2, 0.25) is 0 Å². The Balaban J connectivity index is 1.92.